The molecule has 1 atom stereocenters. The number of benzene rings is 1. The minimum Gasteiger partial charge on any atom is -0.378 e. The zero-order chi connectivity index (χ0) is 14.8. The molecule has 0 aliphatic carbocycles. The predicted molar refractivity (Wildman–Crippen MR) is 84.2 cm³/mol. The maximum atomic E-state index is 5.62. The maximum absolute atomic E-state index is 5.62. The van der Waals surface area contributed by atoms with Gasteiger partial charge in [-0.15, -0.1) is 0 Å². The molecule has 0 saturated carbocycles. The molecule has 0 amide bonds. The van der Waals surface area contributed by atoms with Gasteiger partial charge in [0.05, 0.1) is 13.2 Å². The molecule has 1 unspecified atom stereocenters. The molecule has 0 radical (unpaired) electrons. The van der Waals surface area contributed by atoms with Crippen molar-refractivity contribution in [1.82, 2.24) is 10.2 Å². The van der Waals surface area contributed by atoms with Gasteiger partial charge in [0.25, 0.3) is 0 Å². The highest BCUT2D eigenvalue weighted by atomic mass is 16.5. The van der Waals surface area contributed by atoms with Crippen LogP contribution in [0, 0.1) is 13.8 Å². The highest BCUT2D eigenvalue weighted by molar-refractivity contribution is 5.33. The average Bonchev–Trinajstić information content (AvgIpc) is 2.40. The van der Waals surface area contributed by atoms with E-state index in [2.05, 4.69) is 63.2 Å². The van der Waals surface area contributed by atoms with Gasteiger partial charge in [0.2, 0.25) is 0 Å². The summed E-state index contributed by atoms with van der Waals surface area (Å²) < 4.78 is 5.62. The van der Waals surface area contributed by atoms with Crippen LogP contribution in [0.25, 0.3) is 0 Å². The van der Waals surface area contributed by atoms with Gasteiger partial charge in [-0.2, -0.15) is 0 Å². The number of rotatable bonds is 4. The summed E-state index contributed by atoms with van der Waals surface area (Å²) in [5.74, 6) is 0. The first-order valence-electron chi connectivity index (χ1n) is 7.51. The van der Waals surface area contributed by atoms with Crippen LogP contribution in [0.15, 0.2) is 18.2 Å². The van der Waals surface area contributed by atoms with Crippen molar-refractivity contribution in [3.8, 4) is 0 Å². The van der Waals surface area contributed by atoms with Crippen LogP contribution in [0.5, 0.6) is 0 Å². The normalized spacial score (nSPS) is 20.9. The Hall–Kier alpha value is -0.900. The number of hydrogen-bond acceptors (Lipinski definition) is 3. The molecule has 0 aromatic heterocycles. The summed E-state index contributed by atoms with van der Waals surface area (Å²) >= 11 is 0. The monoisotopic (exact) mass is 276 g/mol. The number of aryl methyl sites for hydroxylation is 2. The van der Waals surface area contributed by atoms with Crippen molar-refractivity contribution in [3.63, 3.8) is 0 Å². The molecule has 1 N–H and O–H groups in total. The van der Waals surface area contributed by atoms with E-state index < -0.39 is 0 Å². The van der Waals surface area contributed by atoms with E-state index >= 15 is 0 Å². The van der Waals surface area contributed by atoms with Crippen molar-refractivity contribution < 1.29 is 4.74 Å². The van der Waals surface area contributed by atoms with Gasteiger partial charge in [-0.1, -0.05) is 23.8 Å². The van der Waals surface area contributed by atoms with Crippen molar-refractivity contribution in [2.75, 3.05) is 33.4 Å². The number of nitrogens with one attached hydrogen (secondary N) is 1. The third-order valence-electron chi connectivity index (χ3n) is 4.38. The van der Waals surface area contributed by atoms with E-state index in [0.29, 0.717) is 6.04 Å². The van der Waals surface area contributed by atoms with Crippen LogP contribution in [0.3, 0.4) is 0 Å². The highest BCUT2D eigenvalue weighted by Gasteiger charge is 2.32. The zero-order valence-electron chi connectivity index (χ0n) is 13.5. The van der Waals surface area contributed by atoms with Crippen LogP contribution in [-0.2, 0) is 4.74 Å². The highest BCUT2D eigenvalue weighted by Crippen LogP contribution is 2.25. The largest absolute Gasteiger partial charge is 0.378 e. The Labute approximate surface area is 123 Å². The lowest BCUT2D eigenvalue weighted by molar-refractivity contribution is -0.0543. The number of morpholine rings is 1. The first-order chi connectivity index (χ1) is 9.44. The van der Waals surface area contributed by atoms with Crippen LogP contribution in [-0.4, -0.2) is 43.8 Å². The lowest BCUT2D eigenvalue weighted by atomic mass is 9.96. The van der Waals surface area contributed by atoms with Crippen LogP contribution in [0.4, 0.5) is 0 Å². The minimum atomic E-state index is 0.116. The Balaban J connectivity index is 2.18. The van der Waals surface area contributed by atoms with Gasteiger partial charge in [-0.3, -0.25) is 4.90 Å². The van der Waals surface area contributed by atoms with E-state index in [1.807, 2.05) is 0 Å². The van der Waals surface area contributed by atoms with Gasteiger partial charge in [-0.25, -0.2) is 0 Å². The van der Waals surface area contributed by atoms with Gasteiger partial charge in [0.1, 0.15) is 0 Å². The lowest BCUT2D eigenvalue weighted by Crippen LogP contribution is -2.55. The molecule has 1 aliphatic heterocycles. The quantitative estimate of drug-likeness (QED) is 0.915. The smallest absolute Gasteiger partial charge is 0.0645 e. The van der Waals surface area contributed by atoms with Crippen molar-refractivity contribution >= 4 is 0 Å². The molecule has 1 saturated heterocycles. The van der Waals surface area contributed by atoms with E-state index in [4.69, 9.17) is 4.74 Å². The summed E-state index contributed by atoms with van der Waals surface area (Å²) in [4.78, 5) is 2.54. The Morgan fingerprint density at radius 1 is 1.35 bits per heavy atom. The van der Waals surface area contributed by atoms with Crippen molar-refractivity contribution in [3.05, 3.63) is 34.9 Å². The molecule has 1 aromatic carbocycles. The Bertz CT molecular complexity index is 456. The van der Waals surface area contributed by atoms with Crippen LogP contribution in [0.1, 0.15) is 36.6 Å². The SMILES string of the molecule is CNC(CN1CCOCC1(C)C)c1cc(C)ccc1C. The van der Waals surface area contributed by atoms with E-state index in [9.17, 15) is 0 Å². The fraction of sp³-hybridized carbons (Fsp3) is 0.647. The number of likely N-dealkylation sites (N-methyl/N-ethyl adjacent to an activating group) is 1. The molecule has 1 fully saturated rings. The topological polar surface area (TPSA) is 24.5 Å². The van der Waals surface area contributed by atoms with Gasteiger partial charge in [0.15, 0.2) is 0 Å². The summed E-state index contributed by atoms with van der Waals surface area (Å²) in [6.07, 6.45) is 0. The van der Waals surface area contributed by atoms with E-state index in [1.54, 1.807) is 0 Å². The molecular weight excluding hydrogens is 248 g/mol. The fourth-order valence-corrected chi connectivity index (χ4v) is 2.93. The molecule has 0 bridgehead atoms. The predicted octanol–water partition coefficient (Wildman–Crippen LogP) is 2.67. The van der Waals surface area contributed by atoms with Crippen LogP contribution >= 0.6 is 0 Å². The van der Waals surface area contributed by atoms with Crippen LogP contribution < -0.4 is 5.32 Å². The van der Waals surface area contributed by atoms with Crippen LogP contribution in [0.2, 0.25) is 0 Å². The first kappa shape index (κ1) is 15.5. The second-order valence-corrected chi connectivity index (χ2v) is 6.51. The number of ether oxygens (including phenoxy) is 1. The zero-order valence-corrected chi connectivity index (χ0v) is 13.5. The minimum absolute atomic E-state index is 0.116. The molecule has 3 heteroatoms. The molecule has 2 rings (SSSR count). The lowest BCUT2D eigenvalue weighted by Gasteiger charge is -2.43. The van der Waals surface area contributed by atoms with Crippen molar-refractivity contribution in [2.24, 2.45) is 0 Å². The fourth-order valence-electron chi connectivity index (χ4n) is 2.93. The summed E-state index contributed by atoms with van der Waals surface area (Å²) in [5.41, 5.74) is 4.22. The summed E-state index contributed by atoms with van der Waals surface area (Å²) in [5, 5.41) is 3.49. The van der Waals surface area contributed by atoms with Gasteiger partial charge in [-0.05, 0) is 45.9 Å². The molecule has 20 heavy (non-hydrogen) atoms. The van der Waals surface area contributed by atoms with Gasteiger partial charge < -0.3 is 10.1 Å². The third kappa shape index (κ3) is 3.40. The van der Waals surface area contributed by atoms with Crippen molar-refractivity contribution in [2.45, 2.75) is 39.3 Å². The molecule has 1 aliphatic rings. The Kier molecular flexibility index (Phi) is 4.84. The maximum Gasteiger partial charge on any atom is 0.0645 e. The Morgan fingerprint density at radius 3 is 2.75 bits per heavy atom. The van der Waals surface area contributed by atoms with Gasteiger partial charge in [0, 0.05) is 24.7 Å². The van der Waals surface area contributed by atoms with Gasteiger partial charge >= 0.3 is 0 Å². The van der Waals surface area contributed by atoms with E-state index in [1.165, 1.54) is 16.7 Å². The second kappa shape index (κ2) is 6.25. The second-order valence-electron chi connectivity index (χ2n) is 6.51. The summed E-state index contributed by atoms with van der Waals surface area (Å²) in [6.45, 7) is 12.6. The summed E-state index contributed by atoms with van der Waals surface area (Å²) in [7, 11) is 2.06. The number of nitrogens with zero attached hydrogens (tertiary/aromatic N) is 1. The third-order valence-corrected chi connectivity index (χ3v) is 4.38. The molecular formula is C17H28N2O. The summed E-state index contributed by atoms with van der Waals surface area (Å²) in [6, 6.07) is 7.08. The first-order valence-corrected chi connectivity index (χ1v) is 7.51. The molecule has 1 heterocycles. The Morgan fingerprint density at radius 2 is 2.10 bits per heavy atom. The molecule has 0 spiro atoms. The van der Waals surface area contributed by atoms with E-state index in [-0.39, 0.29) is 5.54 Å². The van der Waals surface area contributed by atoms with E-state index in [0.717, 1.165) is 26.3 Å². The average molecular weight is 276 g/mol. The molecule has 1 aromatic rings. The standard InChI is InChI=1S/C17H28N2O/c1-13-6-7-14(2)15(10-13)16(18-5)11-19-8-9-20-12-17(19,3)4/h6-7,10,16,18H,8-9,11-12H2,1-5H3. The molecule has 3 nitrogen and oxygen atoms in total. The molecule has 112 valence electrons. The number of hydrogen-bond donors (Lipinski definition) is 1. The van der Waals surface area contributed by atoms with Crippen molar-refractivity contribution in [1.29, 1.82) is 0 Å².